The fourth-order valence-corrected chi connectivity index (χ4v) is 2.30. The Bertz CT molecular complexity index is 1000. The minimum atomic E-state index is -0.520. The van der Waals surface area contributed by atoms with Crippen molar-refractivity contribution in [2.75, 3.05) is 10.6 Å². The van der Waals surface area contributed by atoms with Crippen LogP contribution >= 0.6 is 11.6 Å². The van der Waals surface area contributed by atoms with Gasteiger partial charge in [-0.05, 0) is 42.5 Å². The van der Waals surface area contributed by atoms with Gasteiger partial charge in [0.15, 0.2) is 11.5 Å². The number of para-hydroxylation sites is 1. The van der Waals surface area contributed by atoms with E-state index in [2.05, 4.69) is 20.8 Å². The topological polar surface area (TPSA) is 90.7 Å². The van der Waals surface area contributed by atoms with E-state index in [4.69, 9.17) is 16.9 Å². The van der Waals surface area contributed by atoms with Crippen LogP contribution in [0.4, 0.5) is 21.6 Å². The van der Waals surface area contributed by atoms with Gasteiger partial charge in [0, 0.05) is 5.69 Å². The third kappa shape index (κ3) is 3.94. The van der Waals surface area contributed by atoms with Gasteiger partial charge in [0.25, 0.3) is 5.91 Å². The Kier molecular flexibility index (Phi) is 5.06. The number of hydrogen-bond acceptors (Lipinski definition) is 5. The molecule has 0 aliphatic heterocycles. The number of anilines is 3. The van der Waals surface area contributed by atoms with Gasteiger partial charge in [-0.1, -0.05) is 23.7 Å². The van der Waals surface area contributed by atoms with Crippen LogP contribution in [-0.4, -0.2) is 16.1 Å². The average molecular weight is 368 g/mol. The number of halogens is 2. The number of benzene rings is 2. The normalized spacial score (nSPS) is 10.0. The maximum atomic E-state index is 13.2. The SMILES string of the molecule is N#Cc1ccccc1NC(=O)c1ccc(Nc2ccc(F)c(Cl)c2)nn1. The van der Waals surface area contributed by atoms with E-state index in [1.807, 2.05) is 6.07 Å². The molecule has 128 valence electrons. The highest BCUT2D eigenvalue weighted by atomic mass is 35.5. The summed E-state index contributed by atoms with van der Waals surface area (Å²) in [6.45, 7) is 0. The average Bonchev–Trinajstić information content (AvgIpc) is 2.66. The molecule has 0 fully saturated rings. The van der Waals surface area contributed by atoms with Gasteiger partial charge in [-0.25, -0.2) is 4.39 Å². The number of nitriles is 1. The molecule has 26 heavy (non-hydrogen) atoms. The number of nitrogens with one attached hydrogen (secondary N) is 2. The lowest BCUT2D eigenvalue weighted by Gasteiger charge is -2.08. The first-order valence-corrected chi connectivity index (χ1v) is 7.81. The molecule has 0 saturated heterocycles. The quantitative estimate of drug-likeness (QED) is 0.723. The second kappa shape index (κ2) is 7.59. The number of carbonyl (C=O) groups excluding carboxylic acids is 1. The Morgan fingerprint density at radius 2 is 1.92 bits per heavy atom. The minimum Gasteiger partial charge on any atom is -0.339 e. The lowest BCUT2D eigenvalue weighted by molar-refractivity contribution is 0.102. The molecule has 0 radical (unpaired) electrons. The summed E-state index contributed by atoms with van der Waals surface area (Å²) in [6, 6.07) is 15.8. The maximum absolute atomic E-state index is 13.2. The van der Waals surface area contributed by atoms with Crippen LogP contribution in [0.15, 0.2) is 54.6 Å². The number of rotatable bonds is 4. The number of aromatic nitrogens is 2. The molecule has 0 saturated carbocycles. The van der Waals surface area contributed by atoms with E-state index in [1.165, 1.54) is 24.3 Å². The largest absolute Gasteiger partial charge is 0.339 e. The van der Waals surface area contributed by atoms with E-state index < -0.39 is 11.7 Å². The molecule has 3 aromatic rings. The van der Waals surface area contributed by atoms with Crippen LogP contribution in [-0.2, 0) is 0 Å². The van der Waals surface area contributed by atoms with E-state index in [0.717, 1.165) is 0 Å². The van der Waals surface area contributed by atoms with E-state index in [0.29, 0.717) is 22.8 Å². The van der Waals surface area contributed by atoms with Crippen molar-refractivity contribution in [1.82, 2.24) is 10.2 Å². The summed E-state index contributed by atoms with van der Waals surface area (Å²) in [4.78, 5) is 12.2. The van der Waals surface area contributed by atoms with Crippen LogP contribution < -0.4 is 10.6 Å². The number of hydrogen-bond donors (Lipinski definition) is 2. The van der Waals surface area contributed by atoms with E-state index >= 15 is 0 Å². The molecule has 3 rings (SSSR count). The van der Waals surface area contributed by atoms with Gasteiger partial charge in [-0.15, -0.1) is 10.2 Å². The van der Waals surface area contributed by atoms with E-state index in [1.54, 1.807) is 30.3 Å². The highest BCUT2D eigenvalue weighted by Gasteiger charge is 2.11. The second-order valence-corrected chi connectivity index (χ2v) is 5.58. The first-order valence-electron chi connectivity index (χ1n) is 7.43. The van der Waals surface area contributed by atoms with Crippen LogP contribution in [0.1, 0.15) is 16.1 Å². The second-order valence-electron chi connectivity index (χ2n) is 5.17. The first-order chi connectivity index (χ1) is 12.6. The van der Waals surface area contributed by atoms with Crippen molar-refractivity contribution in [1.29, 1.82) is 5.26 Å². The molecule has 6 nitrogen and oxygen atoms in total. The summed E-state index contributed by atoms with van der Waals surface area (Å²) in [5.41, 5.74) is 1.36. The number of amides is 1. The molecule has 0 spiro atoms. The Balaban J connectivity index is 1.71. The van der Waals surface area contributed by atoms with Gasteiger partial charge in [-0.2, -0.15) is 5.26 Å². The Morgan fingerprint density at radius 3 is 2.62 bits per heavy atom. The molecule has 0 aliphatic carbocycles. The Morgan fingerprint density at radius 1 is 1.12 bits per heavy atom. The zero-order valence-electron chi connectivity index (χ0n) is 13.2. The predicted molar refractivity (Wildman–Crippen MR) is 95.8 cm³/mol. The molecule has 1 amide bonds. The molecule has 0 unspecified atom stereocenters. The van der Waals surface area contributed by atoms with Crippen LogP contribution in [0.3, 0.4) is 0 Å². The fourth-order valence-electron chi connectivity index (χ4n) is 2.12. The van der Waals surface area contributed by atoms with Crippen LogP contribution in [0.25, 0.3) is 0 Å². The van der Waals surface area contributed by atoms with Crippen molar-refractivity contribution in [2.45, 2.75) is 0 Å². The van der Waals surface area contributed by atoms with Gasteiger partial charge >= 0.3 is 0 Å². The summed E-state index contributed by atoms with van der Waals surface area (Å²) in [6.07, 6.45) is 0. The van der Waals surface area contributed by atoms with Crippen molar-refractivity contribution >= 4 is 34.7 Å². The third-order valence-corrected chi connectivity index (χ3v) is 3.67. The highest BCUT2D eigenvalue weighted by Crippen LogP contribution is 2.22. The molecule has 1 heterocycles. The third-order valence-electron chi connectivity index (χ3n) is 3.38. The van der Waals surface area contributed by atoms with Crippen molar-refractivity contribution in [3.63, 3.8) is 0 Å². The highest BCUT2D eigenvalue weighted by molar-refractivity contribution is 6.31. The van der Waals surface area contributed by atoms with Gasteiger partial charge in [0.05, 0.1) is 16.3 Å². The Labute approximate surface area is 153 Å². The standard InChI is InChI=1S/C18H11ClFN5O/c19-13-9-12(5-6-14(13)20)22-17-8-7-16(24-25-17)18(26)23-15-4-2-1-3-11(15)10-21/h1-9H,(H,22,25)(H,23,26). The predicted octanol–water partition coefficient (Wildman–Crippen LogP) is 4.14. The smallest absolute Gasteiger partial charge is 0.276 e. The summed E-state index contributed by atoms with van der Waals surface area (Å²) in [5.74, 6) is -0.647. The van der Waals surface area contributed by atoms with Crippen LogP contribution in [0.5, 0.6) is 0 Å². The molecule has 0 bridgehead atoms. The van der Waals surface area contributed by atoms with Crippen molar-refractivity contribution in [3.05, 3.63) is 76.7 Å². The van der Waals surface area contributed by atoms with Gasteiger partial charge in [0.1, 0.15) is 11.9 Å². The van der Waals surface area contributed by atoms with Crippen LogP contribution in [0.2, 0.25) is 5.02 Å². The van der Waals surface area contributed by atoms with Crippen molar-refractivity contribution in [3.8, 4) is 6.07 Å². The molecule has 0 atom stereocenters. The maximum Gasteiger partial charge on any atom is 0.276 e. The lowest BCUT2D eigenvalue weighted by atomic mass is 10.2. The number of nitrogens with zero attached hydrogens (tertiary/aromatic N) is 3. The summed E-state index contributed by atoms with van der Waals surface area (Å²) in [5, 5.41) is 22.3. The molecular weight excluding hydrogens is 357 g/mol. The van der Waals surface area contributed by atoms with Gasteiger partial charge in [-0.3, -0.25) is 4.79 Å². The lowest BCUT2D eigenvalue weighted by Crippen LogP contribution is -2.15. The Hall–Kier alpha value is -3.50. The van der Waals surface area contributed by atoms with Gasteiger partial charge < -0.3 is 10.6 Å². The molecule has 2 aromatic carbocycles. The summed E-state index contributed by atoms with van der Waals surface area (Å²) >= 11 is 5.72. The van der Waals surface area contributed by atoms with Crippen molar-refractivity contribution in [2.24, 2.45) is 0 Å². The molecule has 1 aromatic heterocycles. The summed E-state index contributed by atoms with van der Waals surface area (Å²) < 4.78 is 13.2. The minimum absolute atomic E-state index is 0.0184. The van der Waals surface area contributed by atoms with E-state index in [-0.39, 0.29) is 10.7 Å². The molecule has 2 N–H and O–H groups in total. The number of carbonyl (C=O) groups is 1. The van der Waals surface area contributed by atoms with Crippen molar-refractivity contribution < 1.29 is 9.18 Å². The summed E-state index contributed by atoms with van der Waals surface area (Å²) in [7, 11) is 0. The molecular formula is C18H11ClFN5O. The molecule has 0 aliphatic rings. The fraction of sp³-hybridized carbons (Fsp3) is 0. The van der Waals surface area contributed by atoms with Crippen LogP contribution in [0, 0.1) is 17.1 Å². The monoisotopic (exact) mass is 367 g/mol. The first kappa shape index (κ1) is 17.3. The zero-order chi connectivity index (χ0) is 18.5. The zero-order valence-corrected chi connectivity index (χ0v) is 14.0. The van der Waals surface area contributed by atoms with Gasteiger partial charge in [0.2, 0.25) is 0 Å². The molecule has 8 heteroatoms. The van der Waals surface area contributed by atoms with E-state index in [9.17, 15) is 9.18 Å².